The summed E-state index contributed by atoms with van der Waals surface area (Å²) in [6.07, 6.45) is 2.57. The lowest BCUT2D eigenvalue weighted by atomic mass is 9.92. The second-order valence-corrected chi connectivity index (χ2v) is 7.21. The van der Waals surface area contributed by atoms with E-state index in [1.54, 1.807) is 0 Å². The third-order valence-electron chi connectivity index (χ3n) is 5.54. The average Bonchev–Trinajstić information content (AvgIpc) is 3.14. The van der Waals surface area contributed by atoms with Crippen LogP contribution in [0.25, 0.3) is 10.8 Å². The molecule has 2 aromatic carbocycles. The molecule has 1 amide bonds. The number of amides is 1. The summed E-state index contributed by atoms with van der Waals surface area (Å²) in [6.45, 7) is 3.55. The lowest BCUT2D eigenvalue weighted by Gasteiger charge is -2.26. The van der Waals surface area contributed by atoms with Crippen molar-refractivity contribution in [3.05, 3.63) is 59.4 Å². The van der Waals surface area contributed by atoms with Crippen LogP contribution in [0.2, 0.25) is 0 Å². The minimum Gasteiger partial charge on any atom is -0.492 e. The van der Waals surface area contributed by atoms with E-state index in [9.17, 15) is 4.79 Å². The maximum absolute atomic E-state index is 12.8. The zero-order chi connectivity index (χ0) is 18.2. The number of aromatic nitrogens is 2. The Morgan fingerprint density at radius 3 is 3.19 bits per heavy atom. The maximum Gasteiger partial charge on any atom is 0.227 e. The lowest BCUT2D eigenvalue weighted by Crippen LogP contribution is -2.37. The Kier molecular flexibility index (Phi) is 4.05. The van der Waals surface area contributed by atoms with Gasteiger partial charge in [-0.15, -0.1) is 0 Å². The molecular formula is C21H22N4O2. The second kappa shape index (κ2) is 6.70. The molecule has 3 heterocycles. The number of hydrogen-bond acceptors (Lipinski definition) is 4. The molecule has 0 saturated carbocycles. The normalized spacial score (nSPS) is 18.4. The Balaban J connectivity index is 1.31. The van der Waals surface area contributed by atoms with Crippen LogP contribution in [0.4, 0.5) is 0 Å². The topological polar surface area (TPSA) is 68.2 Å². The van der Waals surface area contributed by atoms with E-state index >= 15 is 0 Å². The number of nitrogens with zero attached hydrogens (tertiary/aromatic N) is 2. The minimum atomic E-state index is -0.173. The highest BCUT2D eigenvalue weighted by molar-refractivity contribution is 5.89. The molecular weight excluding hydrogens is 340 g/mol. The van der Waals surface area contributed by atoms with Crippen molar-refractivity contribution in [3.63, 3.8) is 0 Å². The molecule has 0 radical (unpaired) electrons. The van der Waals surface area contributed by atoms with Gasteiger partial charge in [-0.25, -0.2) is 0 Å². The first kappa shape index (κ1) is 16.3. The first-order valence-corrected chi connectivity index (χ1v) is 9.45. The zero-order valence-corrected chi connectivity index (χ0v) is 15.1. The van der Waals surface area contributed by atoms with Crippen molar-refractivity contribution >= 4 is 16.7 Å². The molecule has 2 aliphatic rings. The van der Waals surface area contributed by atoms with Crippen LogP contribution in [0.1, 0.15) is 16.8 Å². The van der Waals surface area contributed by atoms with E-state index in [4.69, 9.17) is 4.74 Å². The molecule has 138 valence electrons. The van der Waals surface area contributed by atoms with Gasteiger partial charge in [0.2, 0.25) is 5.91 Å². The predicted octanol–water partition coefficient (Wildman–Crippen LogP) is 2.01. The molecule has 0 aliphatic carbocycles. The molecule has 0 spiro atoms. The van der Waals surface area contributed by atoms with Crippen LogP contribution in [-0.4, -0.2) is 28.8 Å². The molecule has 1 unspecified atom stereocenters. The van der Waals surface area contributed by atoms with Gasteiger partial charge in [0.1, 0.15) is 12.4 Å². The standard InChI is InChI=1S/C21H22N4O2/c26-21(23-10-16-11-24-25-8-7-22-12-19(16)25)15-9-18-17-4-2-1-3-14(17)5-6-20(18)27-13-15/h1-6,11,15,22H,7-10,12-13H2,(H,23,26). The summed E-state index contributed by atoms with van der Waals surface area (Å²) in [5.74, 6) is 0.764. The molecule has 2 aliphatic heterocycles. The van der Waals surface area contributed by atoms with E-state index in [-0.39, 0.29) is 11.8 Å². The highest BCUT2D eigenvalue weighted by atomic mass is 16.5. The molecule has 0 saturated heterocycles. The third-order valence-corrected chi connectivity index (χ3v) is 5.54. The lowest BCUT2D eigenvalue weighted by molar-refractivity contribution is -0.126. The zero-order valence-electron chi connectivity index (χ0n) is 15.1. The molecule has 0 bridgehead atoms. The van der Waals surface area contributed by atoms with Gasteiger partial charge in [-0.3, -0.25) is 9.48 Å². The van der Waals surface area contributed by atoms with Crippen LogP contribution in [0, 0.1) is 5.92 Å². The Morgan fingerprint density at radius 2 is 2.22 bits per heavy atom. The maximum atomic E-state index is 12.8. The summed E-state index contributed by atoms with van der Waals surface area (Å²) >= 11 is 0. The van der Waals surface area contributed by atoms with E-state index in [1.807, 2.05) is 29.1 Å². The van der Waals surface area contributed by atoms with E-state index < -0.39 is 0 Å². The summed E-state index contributed by atoms with van der Waals surface area (Å²) in [7, 11) is 0. The highest BCUT2D eigenvalue weighted by Crippen LogP contribution is 2.33. The van der Waals surface area contributed by atoms with Crippen molar-refractivity contribution in [2.45, 2.75) is 26.1 Å². The van der Waals surface area contributed by atoms with Crippen molar-refractivity contribution in [1.82, 2.24) is 20.4 Å². The SMILES string of the molecule is O=C(NCc1cnn2c1CNCC2)C1COc2ccc3ccccc3c2C1. The molecule has 27 heavy (non-hydrogen) atoms. The monoisotopic (exact) mass is 362 g/mol. The number of fused-ring (bicyclic) bond motifs is 4. The largest absolute Gasteiger partial charge is 0.492 e. The van der Waals surface area contributed by atoms with Crippen LogP contribution in [0.3, 0.4) is 0 Å². The van der Waals surface area contributed by atoms with Crippen LogP contribution in [-0.2, 0) is 30.8 Å². The molecule has 1 atom stereocenters. The fourth-order valence-corrected chi connectivity index (χ4v) is 4.04. The summed E-state index contributed by atoms with van der Waals surface area (Å²) in [5.41, 5.74) is 3.38. The van der Waals surface area contributed by atoms with Gasteiger partial charge in [0.05, 0.1) is 24.4 Å². The molecule has 3 aromatic rings. The van der Waals surface area contributed by atoms with E-state index in [1.165, 1.54) is 10.8 Å². The molecule has 5 rings (SSSR count). The third kappa shape index (κ3) is 2.96. The highest BCUT2D eigenvalue weighted by Gasteiger charge is 2.27. The van der Waals surface area contributed by atoms with E-state index in [0.717, 1.165) is 42.2 Å². The second-order valence-electron chi connectivity index (χ2n) is 7.21. The van der Waals surface area contributed by atoms with Gasteiger partial charge in [0.15, 0.2) is 0 Å². The molecule has 1 aromatic heterocycles. The molecule has 6 heteroatoms. The fourth-order valence-electron chi connectivity index (χ4n) is 4.04. The molecule has 2 N–H and O–H groups in total. The Hall–Kier alpha value is -2.86. The van der Waals surface area contributed by atoms with Gasteiger partial charge in [-0.2, -0.15) is 5.10 Å². The van der Waals surface area contributed by atoms with E-state index in [0.29, 0.717) is 19.6 Å². The van der Waals surface area contributed by atoms with Gasteiger partial charge in [-0.05, 0) is 23.3 Å². The smallest absolute Gasteiger partial charge is 0.227 e. The van der Waals surface area contributed by atoms with Crippen molar-refractivity contribution in [1.29, 1.82) is 0 Å². The Bertz CT molecular complexity index is 1010. The van der Waals surface area contributed by atoms with Crippen LogP contribution in [0.5, 0.6) is 5.75 Å². The Morgan fingerprint density at radius 1 is 1.30 bits per heavy atom. The van der Waals surface area contributed by atoms with E-state index in [2.05, 4.69) is 33.9 Å². The van der Waals surface area contributed by atoms with Gasteiger partial charge in [-0.1, -0.05) is 30.3 Å². The summed E-state index contributed by atoms with van der Waals surface area (Å²) < 4.78 is 7.92. The first-order valence-electron chi connectivity index (χ1n) is 9.45. The number of ether oxygens (including phenoxy) is 1. The van der Waals surface area contributed by atoms with Crippen molar-refractivity contribution in [2.24, 2.45) is 5.92 Å². The van der Waals surface area contributed by atoms with Crippen molar-refractivity contribution in [3.8, 4) is 5.75 Å². The number of carbonyl (C=O) groups is 1. The number of carbonyl (C=O) groups excluding carboxylic acids is 1. The summed E-state index contributed by atoms with van der Waals surface area (Å²) in [4.78, 5) is 12.8. The van der Waals surface area contributed by atoms with Crippen LogP contribution >= 0.6 is 0 Å². The average molecular weight is 362 g/mol. The molecule has 0 fully saturated rings. The van der Waals surface area contributed by atoms with Crippen LogP contribution in [0.15, 0.2) is 42.6 Å². The Labute approximate surface area is 157 Å². The van der Waals surface area contributed by atoms with Crippen molar-refractivity contribution in [2.75, 3.05) is 13.2 Å². The number of hydrogen-bond donors (Lipinski definition) is 2. The van der Waals surface area contributed by atoms with Gasteiger partial charge in [0.25, 0.3) is 0 Å². The predicted molar refractivity (Wildman–Crippen MR) is 102 cm³/mol. The number of nitrogens with one attached hydrogen (secondary N) is 2. The van der Waals surface area contributed by atoms with Gasteiger partial charge in [0, 0.05) is 30.8 Å². The number of benzene rings is 2. The first-order chi connectivity index (χ1) is 13.3. The van der Waals surface area contributed by atoms with Crippen molar-refractivity contribution < 1.29 is 9.53 Å². The van der Waals surface area contributed by atoms with Crippen LogP contribution < -0.4 is 15.4 Å². The minimum absolute atomic E-state index is 0.0392. The summed E-state index contributed by atoms with van der Waals surface area (Å²) in [6, 6.07) is 12.3. The quantitative estimate of drug-likeness (QED) is 0.748. The van der Waals surface area contributed by atoms with Gasteiger partial charge < -0.3 is 15.4 Å². The van der Waals surface area contributed by atoms with Gasteiger partial charge >= 0.3 is 0 Å². The fraction of sp³-hybridized carbons (Fsp3) is 0.333. The molecule has 6 nitrogen and oxygen atoms in total. The summed E-state index contributed by atoms with van der Waals surface area (Å²) in [5, 5.41) is 13.2. The number of rotatable bonds is 3.